The van der Waals surface area contributed by atoms with Crippen LogP contribution in [0.1, 0.15) is 11.1 Å². The predicted octanol–water partition coefficient (Wildman–Crippen LogP) is 3.88. The summed E-state index contributed by atoms with van der Waals surface area (Å²) in [4.78, 5) is 11.8. The van der Waals surface area contributed by atoms with Crippen molar-refractivity contribution in [1.29, 1.82) is 0 Å². The molecule has 3 aromatic heterocycles. The zero-order valence-electron chi connectivity index (χ0n) is 13.7. The van der Waals surface area contributed by atoms with E-state index < -0.39 is 12.4 Å². The molecule has 0 atom stereocenters. The van der Waals surface area contributed by atoms with Gasteiger partial charge in [0.2, 0.25) is 11.8 Å². The second kappa shape index (κ2) is 7.81. The van der Waals surface area contributed by atoms with Gasteiger partial charge in [0.05, 0.1) is 13.3 Å². The molecule has 0 radical (unpaired) electrons. The molecule has 0 aliphatic carbocycles. The van der Waals surface area contributed by atoms with Crippen molar-refractivity contribution in [1.82, 2.24) is 15.0 Å². The minimum atomic E-state index is -2.97. The number of nitrogens with zero attached hydrogens (tertiary/aromatic N) is 3. The zero-order valence-corrected chi connectivity index (χ0v) is 13.7. The molecular weight excluding hydrogens is 347 g/mol. The smallest absolute Gasteiger partial charge is 0.388 e. The average molecular weight is 361 g/mol. The van der Waals surface area contributed by atoms with E-state index in [1.54, 1.807) is 24.5 Å². The van der Waals surface area contributed by atoms with E-state index in [2.05, 4.69) is 19.7 Å². The second-order valence-electron chi connectivity index (χ2n) is 5.35. The third-order valence-electron chi connectivity index (χ3n) is 3.53. The molecular formula is C18H14F3N3O2. The van der Waals surface area contributed by atoms with Crippen LogP contribution in [-0.4, -0.2) is 28.7 Å². The standard InChI is InChI=1S/C18H14F3N3O2/c1-25-17-15(13-2-3-23-16(7-13)26-18(20)21)6-12(9-24-17)4-11-5-14(19)10-22-8-11/h2-3,5-10,18H,4H2,1H3. The minimum absolute atomic E-state index is 0.209. The van der Waals surface area contributed by atoms with Gasteiger partial charge in [0, 0.05) is 36.6 Å². The van der Waals surface area contributed by atoms with Crippen molar-refractivity contribution in [2.45, 2.75) is 13.0 Å². The molecule has 0 saturated heterocycles. The van der Waals surface area contributed by atoms with E-state index in [1.807, 2.05) is 0 Å². The maximum atomic E-state index is 13.3. The van der Waals surface area contributed by atoms with Crippen LogP contribution in [0.25, 0.3) is 11.1 Å². The van der Waals surface area contributed by atoms with Crippen LogP contribution in [0.2, 0.25) is 0 Å². The Labute approximate surface area is 147 Å². The van der Waals surface area contributed by atoms with Gasteiger partial charge in [-0.25, -0.2) is 14.4 Å². The fraction of sp³-hybridized carbons (Fsp3) is 0.167. The molecule has 0 aliphatic heterocycles. The summed E-state index contributed by atoms with van der Waals surface area (Å²) in [6, 6.07) is 6.18. The van der Waals surface area contributed by atoms with E-state index in [1.165, 1.54) is 25.4 Å². The van der Waals surface area contributed by atoms with Crippen LogP contribution in [0.3, 0.4) is 0 Å². The van der Waals surface area contributed by atoms with Crippen molar-refractivity contribution in [3.05, 3.63) is 66.0 Å². The number of rotatable bonds is 6. The van der Waals surface area contributed by atoms with Crippen LogP contribution in [0.5, 0.6) is 11.8 Å². The van der Waals surface area contributed by atoms with Gasteiger partial charge < -0.3 is 9.47 Å². The van der Waals surface area contributed by atoms with Gasteiger partial charge in [0.15, 0.2) is 0 Å². The highest BCUT2D eigenvalue weighted by Crippen LogP contribution is 2.31. The Kier molecular flexibility index (Phi) is 5.31. The molecule has 134 valence electrons. The number of hydrogen-bond acceptors (Lipinski definition) is 5. The second-order valence-corrected chi connectivity index (χ2v) is 5.35. The first kappa shape index (κ1) is 17.7. The van der Waals surface area contributed by atoms with Crippen molar-refractivity contribution in [2.24, 2.45) is 0 Å². The molecule has 0 aliphatic rings. The maximum Gasteiger partial charge on any atom is 0.388 e. The predicted molar refractivity (Wildman–Crippen MR) is 87.7 cm³/mol. The topological polar surface area (TPSA) is 57.1 Å². The molecule has 3 aromatic rings. The summed E-state index contributed by atoms with van der Waals surface area (Å²) in [6.45, 7) is -2.97. The fourth-order valence-electron chi connectivity index (χ4n) is 2.48. The number of hydrogen-bond donors (Lipinski definition) is 0. The molecule has 0 saturated carbocycles. The van der Waals surface area contributed by atoms with E-state index in [4.69, 9.17) is 4.74 Å². The molecule has 0 bridgehead atoms. The van der Waals surface area contributed by atoms with Crippen LogP contribution < -0.4 is 9.47 Å². The van der Waals surface area contributed by atoms with Gasteiger partial charge in [-0.05, 0) is 34.9 Å². The van der Waals surface area contributed by atoms with E-state index in [0.29, 0.717) is 29.0 Å². The largest absolute Gasteiger partial charge is 0.481 e. The normalized spacial score (nSPS) is 10.8. The number of halogens is 3. The molecule has 0 fully saturated rings. The molecule has 3 heterocycles. The Hall–Kier alpha value is -3.16. The van der Waals surface area contributed by atoms with E-state index in [0.717, 1.165) is 11.8 Å². The van der Waals surface area contributed by atoms with Gasteiger partial charge in [0.25, 0.3) is 0 Å². The number of ether oxygens (including phenoxy) is 2. The summed E-state index contributed by atoms with van der Waals surface area (Å²) in [5.74, 6) is -0.313. The molecule has 0 spiro atoms. The van der Waals surface area contributed by atoms with Gasteiger partial charge in [-0.3, -0.25) is 4.98 Å². The third kappa shape index (κ3) is 4.27. The lowest BCUT2D eigenvalue weighted by atomic mass is 10.0. The summed E-state index contributed by atoms with van der Waals surface area (Å²) in [6.07, 6.45) is 6.05. The van der Waals surface area contributed by atoms with Crippen LogP contribution in [0.4, 0.5) is 13.2 Å². The highest BCUT2D eigenvalue weighted by Gasteiger charge is 2.12. The third-order valence-corrected chi connectivity index (χ3v) is 3.53. The lowest BCUT2D eigenvalue weighted by Gasteiger charge is -2.11. The van der Waals surface area contributed by atoms with Crippen LogP contribution in [0.15, 0.2) is 49.1 Å². The first-order chi connectivity index (χ1) is 12.5. The summed E-state index contributed by atoms with van der Waals surface area (Å²) in [5, 5.41) is 0. The number of alkyl halides is 2. The lowest BCUT2D eigenvalue weighted by Crippen LogP contribution is -2.03. The lowest BCUT2D eigenvalue weighted by molar-refractivity contribution is -0.0528. The Morgan fingerprint density at radius 3 is 2.58 bits per heavy atom. The van der Waals surface area contributed by atoms with Crippen molar-refractivity contribution in [2.75, 3.05) is 7.11 Å². The van der Waals surface area contributed by atoms with Crippen LogP contribution >= 0.6 is 0 Å². The zero-order chi connectivity index (χ0) is 18.5. The molecule has 0 amide bonds. The maximum absolute atomic E-state index is 13.3. The molecule has 5 nitrogen and oxygen atoms in total. The molecule has 3 rings (SSSR count). The van der Waals surface area contributed by atoms with Gasteiger partial charge in [-0.2, -0.15) is 8.78 Å². The molecule has 0 unspecified atom stereocenters. The van der Waals surface area contributed by atoms with Crippen LogP contribution in [0, 0.1) is 5.82 Å². The fourth-order valence-corrected chi connectivity index (χ4v) is 2.48. The number of methoxy groups -OCH3 is 1. The van der Waals surface area contributed by atoms with Crippen molar-refractivity contribution < 1.29 is 22.6 Å². The monoisotopic (exact) mass is 361 g/mol. The molecule has 26 heavy (non-hydrogen) atoms. The van der Waals surface area contributed by atoms with Crippen molar-refractivity contribution in [3.63, 3.8) is 0 Å². The van der Waals surface area contributed by atoms with E-state index in [-0.39, 0.29) is 5.88 Å². The summed E-state index contributed by atoms with van der Waals surface area (Å²) in [7, 11) is 1.46. The Bertz CT molecular complexity index is 906. The average Bonchev–Trinajstić information content (AvgIpc) is 2.61. The van der Waals surface area contributed by atoms with Crippen LogP contribution in [-0.2, 0) is 6.42 Å². The molecule has 0 aromatic carbocycles. The van der Waals surface area contributed by atoms with Gasteiger partial charge in [0.1, 0.15) is 5.82 Å². The van der Waals surface area contributed by atoms with Gasteiger partial charge in [-0.15, -0.1) is 0 Å². The minimum Gasteiger partial charge on any atom is -0.481 e. The molecule has 0 N–H and O–H groups in total. The number of pyridine rings is 3. The summed E-state index contributed by atoms with van der Waals surface area (Å²) >= 11 is 0. The van der Waals surface area contributed by atoms with Gasteiger partial charge >= 0.3 is 6.61 Å². The number of aromatic nitrogens is 3. The highest BCUT2D eigenvalue weighted by atomic mass is 19.3. The Morgan fingerprint density at radius 2 is 1.85 bits per heavy atom. The highest BCUT2D eigenvalue weighted by molar-refractivity contribution is 5.69. The molecule has 8 heteroatoms. The van der Waals surface area contributed by atoms with E-state index >= 15 is 0 Å². The quantitative estimate of drug-likeness (QED) is 0.667. The Morgan fingerprint density at radius 1 is 1.04 bits per heavy atom. The van der Waals surface area contributed by atoms with Crippen molar-refractivity contribution in [3.8, 4) is 22.9 Å². The van der Waals surface area contributed by atoms with Gasteiger partial charge in [-0.1, -0.05) is 0 Å². The SMILES string of the molecule is COc1ncc(Cc2cncc(F)c2)cc1-c1ccnc(OC(F)F)c1. The van der Waals surface area contributed by atoms with Crippen molar-refractivity contribution >= 4 is 0 Å². The first-order valence-corrected chi connectivity index (χ1v) is 7.58. The van der Waals surface area contributed by atoms with E-state index in [9.17, 15) is 13.2 Å². The summed E-state index contributed by atoms with van der Waals surface area (Å²) < 4.78 is 47.7. The summed E-state index contributed by atoms with van der Waals surface area (Å²) in [5.41, 5.74) is 2.59. The first-order valence-electron chi connectivity index (χ1n) is 7.58. The Balaban J connectivity index is 1.95.